The van der Waals surface area contributed by atoms with Crippen LogP contribution < -0.4 is 4.72 Å². The minimum Gasteiger partial charge on any atom is -0.396 e. The lowest BCUT2D eigenvalue weighted by molar-refractivity contribution is 0.0988. The van der Waals surface area contributed by atoms with Crippen molar-refractivity contribution in [1.29, 1.82) is 0 Å². The first-order valence-corrected chi connectivity index (χ1v) is 7.65. The van der Waals surface area contributed by atoms with Crippen molar-refractivity contribution in [3.05, 3.63) is 29.8 Å². The highest BCUT2D eigenvalue weighted by molar-refractivity contribution is 7.89. The van der Waals surface area contributed by atoms with Gasteiger partial charge < -0.3 is 5.11 Å². The highest BCUT2D eigenvalue weighted by Crippen LogP contribution is 2.13. The normalized spacial score (nSPS) is 13.2. The van der Waals surface area contributed by atoms with E-state index < -0.39 is 10.0 Å². The molecule has 1 unspecified atom stereocenters. The number of nitrogens with one attached hydrogen (secondary N) is 1. The van der Waals surface area contributed by atoms with Crippen molar-refractivity contribution in [3.63, 3.8) is 0 Å². The molecule has 19 heavy (non-hydrogen) atoms. The number of hydrogen-bond acceptors (Lipinski definition) is 4. The van der Waals surface area contributed by atoms with Crippen LogP contribution in [0.15, 0.2) is 29.2 Å². The Hall–Kier alpha value is -1.24. The monoisotopic (exact) mass is 285 g/mol. The van der Waals surface area contributed by atoms with Crippen LogP contribution in [0.25, 0.3) is 0 Å². The smallest absolute Gasteiger partial charge is 0.240 e. The molecule has 0 heterocycles. The summed E-state index contributed by atoms with van der Waals surface area (Å²) < 4.78 is 26.6. The molecule has 6 heteroatoms. The van der Waals surface area contributed by atoms with Gasteiger partial charge in [-0.2, -0.15) is 0 Å². The number of aliphatic hydroxyl groups excluding tert-OH is 1. The van der Waals surface area contributed by atoms with Crippen LogP contribution in [-0.2, 0) is 10.0 Å². The Balaban J connectivity index is 2.98. The van der Waals surface area contributed by atoms with Crippen molar-refractivity contribution in [3.8, 4) is 0 Å². The molecule has 1 rings (SSSR count). The third kappa shape index (κ3) is 4.41. The maximum absolute atomic E-state index is 12.1. The summed E-state index contributed by atoms with van der Waals surface area (Å²) in [7, 11) is -3.66. The number of aliphatic hydroxyl groups is 1. The summed E-state index contributed by atoms with van der Waals surface area (Å²) in [6.45, 7) is 3.32. The van der Waals surface area contributed by atoms with Gasteiger partial charge in [0.1, 0.15) is 0 Å². The van der Waals surface area contributed by atoms with Gasteiger partial charge in [0.15, 0.2) is 5.78 Å². The van der Waals surface area contributed by atoms with Crippen molar-refractivity contribution in [2.75, 3.05) is 6.61 Å². The molecule has 0 saturated heterocycles. The Labute approximate surface area is 113 Å². The Bertz CT molecular complexity index is 539. The number of carbonyl (C=O) groups is 1. The summed E-state index contributed by atoms with van der Waals surface area (Å²) in [4.78, 5) is 11.6. The summed E-state index contributed by atoms with van der Waals surface area (Å²) in [6.07, 6.45) is 0.671. The number of hydrogen-bond donors (Lipinski definition) is 2. The van der Waals surface area contributed by atoms with E-state index in [1.54, 1.807) is 26.0 Å². The van der Waals surface area contributed by atoms with E-state index in [9.17, 15) is 13.2 Å². The summed E-state index contributed by atoms with van der Waals surface area (Å²) >= 11 is 0. The Morgan fingerprint density at radius 1 is 1.42 bits per heavy atom. The van der Waals surface area contributed by atoms with Gasteiger partial charge in [-0.3, -0.25) is 4.79 Å². The second-order valence-corrected chi connectivity index (χ2v) is 6.05. The number of carbonyl (C=O) groups excluding carboxylic acids is 1. The van der Waals surface area contributed by atoms with Gasteiger partial charge in [0.25, 0.3) is 0 Å². The van der Waals surface area contributed by atoms with Gasteiger partial charge in [0.2, 0.25) is 10.0 Å². The molecule has 0 radical (unpaired) electrons. The molecule has 0 fully saturated rings. The van der Waals surface area contributed by atoms with E-state index in [2.05, 4.69) is 4.72 Å². The molecule has 0 aliphatic heterocycles. The van der Waals surface area contributed by atoms with Gasteiger partial charge in [-0.05, 0) is 25.5 Å². The minimum atomic E-state index is -3.66. The van der Waals surface area contributed by atoms with Crippen LogP contribution in [0.1, 0.15) is 37.0 Å². The molecule has 0 aliphatic rings. The molecule has 0 aliphatic carbocycles. The van der Waals surface area contributed by atoms with Crippen molar-refractivity contribution in [2.24, 2.45) is 0 Å². The lowest BCUT2D eigenvalue weighted by Gasteiger charge is -2.13. The van der Waals surface area contributed by atoms with Crippen molar-refractivity contribution in [2.45, 2.75) is 37.6 Å². The van der Waals surface area contributed by atoms with E-state index in [4.69, 9.17) is 5.11 Å². The highest BCUT2D eigenvalue weighted by atomic mass is 32.2. The SMILES string of the molecule is CCC(=O)c1cccc(S(=O)(=O)NC(C)CCO)c1. The lowest BCUT2D eigenvalue weighted by Crippen LogP contribution is -2.33. The second-order valence-electron chi connectivity index (χ2n) is 4.34. The second kappa shape index (κ2) is 6.79. The number of Topliss-reactive ketones (excluding diaryl/α,β-unsaturated/α-hetero) is 1. The standard InChI is InChI=1S/C13H19NO4S/c1-3-13(16)11-5-4-6-12(9-11)19(17,18)14-10(2)7-8-15/h4-6,9-10,14-15H,3,7-8H2,1-2H3. The zero-order valence-corrected chi connectivity index (χ0v) is 11.9. The van der Waals surface area contributed by atoms with Crippen LogP contribution in [0.2, 0.25) is 0 Å². The summed E-state index contributed by atoms with van der Waals surface area (Å²) in [5.74, 6) is -0.0968. The molecule has 0 bridgehead atoms. The molecule has 2 N–H and O–H groups in total. The fourth-order valence-corrected chi connectivity index (χ4v) is 2.95. The molecule has 1 aromatic carbocycles. The molecule has 5 nitrogen and oxygen atoms in total. The van der Waals surface area contributed by atoms with E-state index in [-0.39, 0.29) is 23.3 Å². The molecule has 106 valence electrons. The molecule has 1 atom stereocenters. The van der Waals surface area contributed by atoms with Crippen LogP contribution in [0.5, 0.6) is 0 Å². The lowest BCUT2D eigenvalue weighted by atomic mass is 10.1. The maximum Gasteiger partial charge on any atom is 0.240 e. The Morgan fingerprint density at radius 2 is 2.11 bits per heavy atom. The van der Waals surface area contributed by atoms with Crippen LogP contribution in [0, 0.1) is 0 Å². The average Bonchev–Trinajstić information content (AvgIpc) is 2.37. The largest absolute Gasteiger partial charge is 0.396 e. The fourth-order valence-electron chi connectivity index (χ4n) is 1.63. The first-order valence-electron chi connectivity index (χ1n) is 6.17. The Morgan fingerprint density at radius 3 is 2.68 bits per heavy atom. The number of benzene rings is 1. The predicted molar refractivity (Wildman–Crippen MR) is 72.5 cm³/mol. The molecule has 0 saturated carbocycles. The molecular formula is C13H19NO4S. The van der Waals surface area contributed by atoms with Crippen molar-refractivity contribution in [1.82, 2.24) is 4.72 Å². The topological polar surface area (TPSA) is 83.5 Å². The number of rotatable bonds is 7. The van der Waals surface area contributed by atoms with Gasteiger partial charge >= 0.3 is 0 Å². The summed E-state index contributed by atoms with van der Waals surface area (Å²) in [6, 6.07) is 5.61. The predicted octanol–water partition coefficient (Wildman–Crippen LogP) is 1.33. The van der Waals surface area contributed by atoms with Crippen molar-refractivity contribution < 1.29 is 18.3 Å². The van der Waals surface area contributed by atoms with Crippen LogP contribution in [0.4, 0.5) is 0 Å². The van der Waals surface area contributed by atoms with E-state index >= 15 is 0 Å². The molecular weight excluding hydrogens is 266 g/mol. The third-order valence-electron chi connectivity index (χ3n) is 2.71. The van der Waals surface area contributed by atoms with Crippen molar-refractivity contribution >= 4 is 15.8 Å². The number of sulfonamides is 1. The molecule has 0 aromatic heterocycles. The average molecular weight is 285 g/mol. The summed E-state index contributed by atoms with van der Waals surface area (Å²) in [5.41, 5.74) is 0.389. The van der Waals surface area contributed by atoms with Gasteiger partial charge in [-0.15, -0.1) is 0 Å². The molecule has 1 aromatic rings. The van der Waals surface area contributed by atoms with Gasteiger partial charge in [0, 0.05) is 24.6 Å². The quantitative estimate of drug-likeness (QED) is 0.740. The van der Waals surface area contributed by atoms with Gasteiger partial charge in [-0.25, -0.2) is 13.1 Å². The molecule has 0 spiro atoms. The fraction of sp³-hybridized carbons (Fsp3) is 0.462. The van der Waals surface area contributed by atoms with Gasteiger partial charge in [-0.1, -0.05) is 19.1 Å². The minimum absolute atomic E-state index is 0.0663. The van der Waals surface area contributed by atoms with Crippen LogP contribution >= 0.6 is 0 Å². The van der Waals surface area contributed by atoms with Crippen LogP contribution in [-0.4, -0.2) is 32.0 Å². The zero-order valence-electron chi connectivity index (χ0n) is 11.1. The van der Waals surface area contributed by atoms with E-state index in [1.165, 1.54) is 12.1 Å². The zero-order chi connectivity index (χ0) is 14.5. The Kier molecular flexibility index (Phi) is 5.65. The maximum atomic E-state index is 12.1. The molecule has 0 amide bonds. The third-order valence-corrected chi connectivity index (χ3v) is 4.29. The van der Waals surface area contributed by atoms with Gasteiger partial charge in [0.05, 0.1) is 4.90 Å². The van der Waals surface area contributed by atoms with E-state index in [0.29, 0.717) is 18.4 Å². The first-order chi connectivity index (χ1) is 8.90. The van der Waals surface area contributed by atoms with E-state index in [1.807, 2.05) is 0 Å². The van der Waals surface area contributed by atoms with Crippen LogP contribution in [0.3, 0.4) is 0 Å². The first kappa shape index (κ1) is 15.8. The van der Waals surface area contributed by atoms with E-state index in [0.717, 1.165) is 0 Å². The summed E-state index contributed by atoms with van der Waals surface area (Å²) in [5, 5.41) is 8.77. The highest BCUT2D eigenvalue weighted by Gasteiger charge is 2.18. The number of ketones is 1.